The number of hydrogen-bond donors (Lipinski definition) is 0. The van der Waals surface area contributed by atoms with Gasteiger partial charge in [0.2, 0.25) is 0 Å². The Hall–Kier alpha value is 0.640. The Balaban J connectivity index is 3.61. The van der Waals surface area contributed by atoms with Crippen LogP contribution in [0.5, 0.6) is 0 Å². The van der Waals surface area contributed by atoms with Gasteiger partial charge in [0, 0.05) is 5.38 Å². The van der Waals surface area contributed by atoms with Crippen molar-refractivity contribution in [2.75, 3.05) is 12.0 Å². The quantitative estimate of drug-likeness (QED) is 0.601. The van der Waals surface area contributed by atoms with Gasteiger partial charge in [-0.3, -0.25) is 0 Å². The van der Waals surface area contributed by atoms with Crippen molar-refractivity contribution in [1.29, 1.82) is 0 Å². The molecule has 1 atom stereocenters. The van der Waals surface area contributed by atoms with E-state index < -0.39 is 0 Å². The number of alkyl halides is 1. The molecule has 0 fully saturated rings. The molecule has 0 spiro atoms. The van der Waals surface area contributed by atoms with Gasteiger partial charge in [-0.15, -0.1) is 11.6 Å². The third-order valence-electron chi connectivity index (χ3n) is 1.82. The van der Waals surface area contributed by atoms with Crippen LogP contribution in [0.25, 0.3) is 0 Å². The Morgan fingerprint density at radius 2 is 2.00 bits per heavy atom. The molecule has 0 N–H and O–H groups in total. The fourth-order valence-electron chi connectivity index (χ4n) is 1.24. The molecule has 0 radical (unpaired) electrons. The van der Waals surface area contributed by atoms with E-state index in [0.29, 0.717) is 10.8 Å². The van der Waals surface area contributed by atoms with Crippen molar-refractivity contribution >= 4 is 23.4 Å². The molecule has 0 aliphatic rings. The standard InChI is InChI=1S/C9H19ClS/c1-8(10)7-9(2,3)5-6-11-4/h8H,5-7H2,1-4H3. The van der Waals surface area contributed by atoms with Gasteiger partial charge in [0.05, 0.1) is 0 Å². The fraction of sp³-hybridized carbons (Fsp3) is 1.00. The largest absolute Gasteiger partial charge is 0.165 e. The highest BCUT2D eigenvalue weighted by Crippen LogP contribution is 2.29. The maximum atomic E-state index is 5.93. The predicted molar refractivity (Wildman–Crippen MR) is 56.7 cm³/mol. The molecule has 0 bridgehead atoms. The van der Waals surface area contributed by atoms with Crippen LogP contribution in [0.15, 0.2) is 0 Å². The topological polar surface area (TPSA) is 0 Å². The number of rotatable bonds is 5. The summed E-state index contributed by atoms with van der Waals surface area (Å²) < 4.78 is 0. The van der Waals surface area contributed by atoms with Crippen LogP contribution in [0.4, 0.5) is 0 Å². The van der Waals surface area contributed by atoms with Crippen LogP contribution in [0.1, 0.15) is 33.6 Å². The van der Waals surface area contributed by atoms with Crippen LogP contribution >= 0.6 is 23.4 Å². The lowest BCUT2D eigenvalue weighted by Gasteiger charge is -2.25. The van der Waals surface area contributed by atoms with Gasteiger partial charge >= 0.3 is 0 Å². The molecular weight excluding hydrogens is 176 g/mol. The van der Waals surface area contributed by atoms with Crippen molar-refractivity contribution in [2.45, 2.75) is 39.0 Å². The van der Waals surface area contributed by atoms with Crippen LogP contribution in [0, 0.1) is 5.41 Å². The second-order valence-corrected chi connectivity index (χ2v) is 5.62. The second kappa shape index (κ2) is 5.31. The lowest BCUT2D eigenvalue weighted by Crippen LogP contribution is -2.16. The van der Waals surface area contributed by atoms with Crippen LogP contribution in [-0.4, -0.2) is 17.4 Å². The Labute approximate surface area is 80.1 Å². The van der Waals surface area contributed by atoms with Crippen molar-refractivity contribution in [1.82, 2.24) is 0 Å². The SMILES string of the molecule is CSCCC(C)(C)CC(C)Cl. The van der Waals surface area contributed by atoms with Gasteiger partial charge in [-0.1, -0.05) is 13.8 Å². The zero-order chi connectivity index (χ0) is 8.91. The van der Waals surface area contributed by atoms with E-state index in [-0.39, 0.29) is 0 Å². The van der Waals surface area contributed by atoms with Crippen molar-refractivity contribution in [2.24, 2.45) is 5.41 Å². The molecule has 0 rings (SSSR count). The van der Waals surface area contributed by atoms with Gasteiger partial charge < -0.3 is 0 Å². The number of thioether (sulfide) groups is 1. The molecule has 1 unspecified atom stereocenters. The van der Waals surface area contributed by atoms with Gasteiger partial charge in [0.25, 0.3) is 0 Å². The van der Waals surface area contributed by atoms with E-state index in [9.17, 15) is 0 Å². The minimum atomic E-state index is 0.312. The van der Waals surface area contributed by atoms with Crippen molar-refractivity contribution in [3.63, 3.8) is 0 Å². The average Bonchev–Trinajstić information content (AvgIpc) is 1.81. The van der Waals surface area contributed by atoms with Gasteiger partial charge in [0.1, 0.15) is 0 Å². The molecule has 0 aliphatic heterocycles. The first-order valence-corrected chi connectivity index (χ1v) is 5.94. The molecule has 0 saturated carbocycles. The lowest BCUT2D eigenvalue weighted by molar-refractivity contribution is 0.324. The van der Waals surface area contributed by atoms with Crippen molar-refractivity contribution < 1.29 is 0 Å². The first kappa shape index (κ1) is 11.6. The molecular formula is C9H19ClS. The summed E-state index contributed by atoms with van der Waals surface area (Å²) in [7, 11) is 0. The van der Waals surface area contributed by atoms with Crippen LogP contribution in [-0.2, 0) is 0 Å². The maximum Gasteiger partial charge on any atom is 0.0312 e. The first-order valence-electron chi connectivity index (χ1n) is 4.11. The van der Waals surface area contributed by atoms with Gasteiger partial charge in [-0.2, -0.15) is 11.8 Å². The minimum Gasteiger partial charge on any atom is -0.165 e. The molecule has 11 heavy (non-hydrogen) atoms. The Kier molecular flexibility index (Phi) is 5.62. The van der Waals surface area contributed by atoms with E-state index in [4.69, 9.17) is 11.6 Å². The summed E-state index contributed by atoms with van der Waals surface area (Å²) in [5, 5.41) is 0.312. The van der Waals surface area contributed by atoms with E-state index in [2.05, 4.69) is 27.0 Å². The molecule has 0 aromatic carbocycles. The molecule has 2 heteroatoms. The summed E-state index contributed by atoms with van der Waals surface area (Å²) in [4.78, 5) is 0. The molecule has 0 aliphatic carbocycles. The smallest absolute Gasteiger partial charge is 0.0312 e. The Morgan fingerprint density at radius 3 is 2.36 bits per heavy atom. The van der Waals surface area contributed by atoms with E-state index in [1.54, 1.807) is 0 Å². The molecule has 0 nitrogen and oxygen atoms in total. The zero-order valence-electron chi connectivity index (χ0n) is 7.98. The van der Waals surface area contributed by atoms with Crippen molar-refractivity contribution in [3.05, 3.63) is 0 Å². The third-order valence-corrected chi connectivity index (χ3v) is 2.58. The average molecular weight is 195 g/mol. The first-order chi connectivity index (χ1) is 4.98. The number of halogens is 1. The highest BCUT2D eigenvalue weighted by molar-refractivity contribution is 7.98. The highest BCUT2D eigenvalue weighted by atomic mass is 35.5. The number of hydrogen-bond acceptors (Lipinski definition) is 1. The maximum absolute atomic E-state index is 5.93. The van der Waals surface area contributed by atoms with Gasteiger partial charge in [-0.25, -0.2) is 0 Å². The summed E-state index contributed by atoms with van der Waals surface area (Å²) in [5.41, 5.74) is 0.421. The summed E-state index contributed by atoms with van der Waals surface area (Å²) >= 11 is 7.85. The minimum absolute atomic E-state index is 0.312. The normalized spacial score (nSPS) is 15.0. The van der Waals surface area contributed by atoms with E-state index in [1.165, 1.54) is 12.2 Å². The monoisotopic (exact) mass is 194 g/mol. The van der Waals surface area contributed by atoms with E-state index >= 15 is 0 Å². The predicted octanol–water partition coefficient (Wildman–Crippen LogP) is 3.78. The van der Waals surface area contributed by atoms with Gasteiger partial charge in [0.15, 0.2) is 0 Å². The summed E-state index contributed by atoms with van der Waals surface area (Å²) in [5.74, 6) is 1.25. The van der Waals surface area contributed by atoms with Crippen LogP contribution in [0.3, 0.4) is 0 Å². The molecule has 0 heterocycles. The molecule has 68 valence electrons. The second-order valence-electron chi connectivity index (χ2n) is 3.89. The van der Waals surface area contributed by atoms with E-state index in [1.807, 2.05) is 11.8 Å². The molecule has 0 aromatic heterocycles. The molecule has 0 amide bonds. The van der Waals surface area contributed by atoms with Crippen LogP contribution in [0.2, 0.25) is 0 Å². The van der Waals surface area contributed by atoms with Gasteiger partial charge in [-0.05, 0) is 37.2 Å². The molecule has 0 saturated heterocycles. The summed E-state index contributed by atoms with van der Waals surface area (Å²) in [6, 6.07) is 0. The van der Waals surface area contributed by atoms with Crippen LogP contribution < -0.4 is 0 Å². The highest BCUT2D eigenvalue weighted by Gasteiger charge is 2.19. The van der Waals surface area contributed by atoms with E-state index in [0.717, 1.165) is 6.42 Å². The summed E-state index contributed by atoms with van der Waals surface area (Å²) in [6.07, 6.45) is 4.54. The zero-order valence-corrected chi connectivity index (χ0v) is 9.56. The fourth-order valence-corrected chi connectivity index (χ4v) is 2.42. The third kappa shape index (κ3) is 7.02. The lowest BCUT2D eigenvalue weighted by atomic mass is 9.85. The molecule has 0 aromatic rings. The summed E-state index contributed by atoms with van der Waals surface area (Å²) in [6.45, 7) is 6.66. The Morgan fingerprint density at radius 1 is 1.45 bits per heavy atom. The van der Waals surface area contributed by atoms with Crippen molar-refractivity contribution in [3.8, 4) is 0 Å². The Bertz CT molecular complexity index is 99.7.